The Hall–Kier alpha value is -0.770. The second-order valence-electron chi connectivity index (χ2n) is 4.97. The lowest BCUT2D eigenvalue weighted by Gasteiger charge is -2.33. The van der Waals surface area contributed by atoms with Crippen LogP contribution in [0.2, 0.25) is 0 Å². The third kappa shape index (κ3) is 3.20. The molecule has 2 rings (SSSR count). The average Bonchev–Trinajstić information content (AvgIpc) is 2.37. The summed E-state index contributed by atoms with van der Waals surface area (Å²) in [5.74, 6) is 0.806. The Labute approximate surface area is 129 Å². The summed E-state index contributed by atoms with van der Waals surface area (Å²) in [5.41, 5.74) is 6.46. The van der Waals surface area contributed by atoms with E-state index in [0.29, 0.717) is 11.3 Å². The molecule has 1 heterocycles. The van der Waals surface area contributed by atoms with Gasteiger partial charge in [0.1, 0.15) is 10.3 Å². The van der Waals surface area contributed by atoms with Gasteiger partial charge in [-0.25, -0.2) is 16.8 Å². The first-order chi connectivity index (χ1) is 9.65. The maximum Gasteiger partial charge on any atom is 0.246 e. The van der Waals surface area contributed by atoms with E-state index < -0.39 is 25.2 Å². The van der Waals surface area contributed by atoms with Crippen LogP contribution in [0.15, 0.2) is 23.1 Å². The minimum atomic E-state index is -3.94. The molecule has 0 aromatic heterocycles. The van der Waals surface area contributed by atoms with E-state index in [4.69, 9.17) is 5.73 Å². The summed E-state index contributed by atoms with van der Waals surface area (Å²) in [6, 6.07) is 4.83. The topological polar surface area (TPSA) is 97.5 Å². The molecule has 1 fully saturated rings. The second kappa shape index (κ2) is 5.79. The van der Waals surface area contributed by atoms with E-state index in [1.807, 2.05) is 0 Å². The largest absolute Gasteiger partial charge is 0.398 e. The minimum Gasteiger partial charge on any atom is -0.398 e. The van der Waals surface area contributed by atoms with Crippen molar-refractivity contribution in [2.24, 2.45) is 0 Å². The lowest BCUT2D eigenvalue weighted by Crippen LogP contribution is -2.50. The predicted molar refractivity (Wildman–Crippen MR) is 85.4 cm³/mol. The average molecular weight is 350 g/mol. The van der Waals surface area contributed by atoms with Gasteiger partial charge in [0.15, 0.2) is 9.84 Å². The Morgan fingerprint density at radius 2 is 1.95 bits per heavy atom. The van der Waals surface area contributed by atoms with Crippen molar-refractivity contribution in [3.05, 3.63) is 23.8 Å². The van der Waals surface area contributed by atoms with Gasteiger partial charge in [0.2, 0.25) is 10.0 Å². The number of nitrogen functional groups attached to an aromatic ring is 1. The smallest absolute Gasteiger partial charge is 0.246 e. The van der Waals surface area contributed by atoms with Gasteiger partial charge in [0.25, 0.3) is 0 Å². The van der Waals surface area contributed by atoms with Crippen molar-refractivity contribution in [3.8, 4) is 0 Å². The van der Waals surface area contributed by atoms with E-state index in [-0.39, 0.29) is 22.9 Å². The zero-order chi connectivity index (χ0) is 15.8. The molecule has 1 aromatic rings. The first-order valence-corrected chi connectivity index (χ1v) is 10.8. The molecule has 1 saturated heterocycles. The van der Waals surface area contributed by atoms with Crippen LogP contribution in [0.3, 0.4) is 0 Å². The molecule has 9 heteroatoms. The van der Waals surface area contributed by atoms with Crippen LogP contribution in [0.5, 0.6) is 0 Å². The highest BCUT2D eigenvalue weighted by atomic mass is 32.2. The monoisotopic (exact) mass is 350 g/mol. The molecule has 0 bridgehead atoms. The lowest BCUT2D eigenvalue weighted by molar-refractivity contribution is 0.405. The number of hydrogen-bond donors (Lipinski definition) is 1. The van der Waals surface area contributed by atoms with Gasteiger partial charge in [-0.2, -0.15) is 16.1 Å². The second-order valence-corrected chi connectivity index (χ2v) is 10.1. The number of hydrogen-bond acceptors (Lipinski definition) is 6. The van der Waals surface area contributed by atoms with Crippen LogP contribution in [-0.2, 0) is 19.9 Å². The van der Waals surface area contributed by atoms with Gasteiger partial charge < -0.3 is 5.73 Å². The molecule has 1 aliphatic rings. The summed E-state index contributed by atoms with van der Waals surface area (Å²) in [4.78, 5) is 0.00514. The maximum atomic E-state index is 12.9. The number of anilines is 1. The van der Waals surface area contributed by atoms with E-state index in [0.717, 1.165) is 10.6 Å². The number of aryl methyl sites for hydroxylation is 1. The number of rotatable bonds is 3. The van der Waals surface area contributed by atoms with Crippen molar-refractivity contribution in [1.82, 2.24) is 4.31 Å². The molecular weight excluding hydrogens is 332 g/mol. The molecule has 21 heavy (non-hydrogen) atoms. The highest BCUT2D eigenvalue weighted by Gasteiger charge is 2.40. The number of nitrogens with zero attached hydrogens (tertiary/aromatic N) is 1. The van der Waals surface area contributed by atoms with Crippen molar-refractivity contribution in [2.75, 3.05) is 30.0 Å². The van der Waals surface area contributed by atoms with Crippen LogP contribution >= 0.6 is 11.8 Å². The summed E-state index contributed by atoms with van der Waals surface area (Å²) in [6.07, 6.45) is 1.06. The Morgan fingerprint density at radius 1 is 1.29 bits per heavy atom. The summed E-state index contributed by atoms with van der Waals surface area (Å²) in [5, 5.41) is -1.04. The Balaban J connectivity index is 2.57. The molecule has 118 valence electrons. The summed E-state index contributed by atoms with van der Waals surface area (Å²) >= 11 is 1.44. The predicted octanol–water partition coefficient (Wildman–Crippen LogP) is 0.685. The highest BCUT2D eigenvalue weighted by molar-refractivity contribution is 8.01. The summed E-state index contributed by atoms with van der Waals surface area (Å²) in [6.45, 7) is 1.82. The van der Waals surface area contributed by atoms with Crippen molar-refractivity contribution in [3.63, 3.8) is 0 Å². The zero-order valence-corrected chi connectivity index (χ0v) is 14.3. The third-order valence-corrected chi connectivity index (χ3v) is 8.25. The van der Waals surface area contributed by atoms with E-state index in [1.165, 1.54) is 17.8 Å². The normalized spacial score (nSPS) is 21.3. The molecule has 0 radical (unpaired) electrons. The molecule has 0 aliphatic carbocycles. The summed E-state index contributed by atoms with van der Waals surface area (Å²) in [7, 11) is -7.45. The van der Waals surface area contributed by atoms with Gasteiger partial charge in [0, 0.05) is 24.3 Å². The number of benzene rings is 1. The van der Waals surface area contributed by atoms with Crippen molar-refractivity contribution < 1.29 is 16.8 Å². The SMILES string of the molecule is Cc1cccc(N)c1S(=O)(=O)N1CCSCC1S(C)(=O)=O. The number of sulfonamides is 1. The van der Waals surface area contributed by atoms with Crippen LogP contribution in [-0.4, -0.2) is 50.8 Å². The zero-order valence-electron chi connectivity index (χ0n) is 11.8. The van der Waals surface area contributed by atoms with Gasteiger partial charge in [-0.1, -0.05) is 12.1 Å². The third-order valence-electron chi connectivity index (χ3n) is 3.34. The molecule has 6 nitrogen and oxygen atoms in total. The van der Waals surface area contributed by atoms with Gasteiger partial charge in [-0.05, 0) is 18.6 Å². The molecule has 0 saturated carbocycles. The molecule has 1 unspecified atom stereocenters. The highest BCUT2D eigenvalue weighted by Crippen LogP contribution is 2.31. The molecule has 0 amide bonds. The quantitative estimate of drug-likeness (QED) is 0.805. The van der Waals surface area contributed by atoms with E-state index in [9.17, 15) is 16.8 Å². The molecule has 1 aliphatic heterocycles. The fourth-order valence-electron chi connectivity index (χ4n) is 2.32. The van der Waals surface area contributed by atoms with E-state index in [1.54, 1.807) is 19.1 Å². The van der Waals surface area contributed by atoms with Gasteiger partial charge in [-0.3, -0.25) is 0 Å². The minimum absolute atomic E-state index is 0.00514. The molecule has 2 N–H and O–H groups in total. The Kier molecular flexibility index (Phi) is 4.57. The van der Waals surface area contributed by atoms with Gasteiger partial charge in [-0.15, -0.1) is 0 Å². The Morgan fingerprint density at radius 3 is 2.52 bits per heavy atom. The van der Waals surface area contributed by atoms with Crippen LogP contribution in [0, 0.1) is 6.92 Å². The van der Waals surface area contributed by atoms with Crippen LogP contribution in [0.4, 0.5) is 5.69 Å². The van der Waals surface area contributed by atoms with Gasteiger partial charge >= 0.3 is 0 Å². The first kappa shape index (κ1) is 16.6. The number of thioether (sulfide) groups is 1. The maximum absolute atomic E-state index is 12.9. The number of sulfone groups is 1. The van der Waals surface area contributed by atoms with Crippen molar-refractivity contribution >= 4 is 37.3 Å². The fraction of sp³-hybridized carbons (Fsp3) is 0.500. The van der Waals surface area contributed by atoms with Crippen molar-refractivity contribution in [2.45, 2.75) is 17.2 Å². The van der Waals surface area contributed by atoms with Crippen LogP contribution < -0.4 is 5.73 Å². The van der Waals surface area contributed by atoms with Crippen molar-refractivity contribution in [1.29, 1.82) is 0 Å². The fourth-order valence-corrected chi connectivity index (χ4v) is 7.82. The molecule has 1 atom stereocenters. The molecule has 0 spiro atoms. The van der Waals surface area contributed by atoms with Crippen LogP contribution in [0.25, 0.3) is 0 Å². The lowest BCUT2D eigenvalue weighted by atomic mass is 10.2. The van der Waals surface area contributed by atoms with Gasteiger partial charge in [0.05, 0.1) is 5.69 Å². The molecular formula is C12H18N2O4S3. The molecule has 1 aromatic carbocycles. The summed E-state index contributed by atoms with van der Waals surface area (Å²) < 4.78 is 50.6. The van der Waals surface area contributed by atoms with E-state index >= 15 is 0 Å². The van der Waals surface area contributed by atoms with Crippen LogP contribution in [0.1, 0.15) is 5.56 Å². The standard InChI is InChI=1S/C12H18N2O4S3/c1-9-4-3-5-10(13)12(9)21(17,18)14-6-7-19-8-11(14)20(2,15)16/h3-5,11H,6-8,13H2,1-2H3. The first-order valence-electron chi connectivity index (χ1n) is 6.29. The van der Waals surface area contributed by atoms with E-state index in [2.05, 4.69) is 0 Å². The number of nitrogens with two attached hydrogens (primary N) is 1. The Bertz CT molecular complexity index is 724.